The van der Waals surface area contributed by atoms with E-state index in [0.717, 1.165) is 64.2 Å². The molecule has 1 fully saturated rings. The van der Waals surface area contributed by atoms with Crippen molar-refractivity contribution in [2.24, 2.45) is 0 Å². The lowest BCUT2D eigenvalue weighted by Gasteiger charge is -2.18. The molecule has 0 unspecified atom stereocenters. The predicted molar refractivity (Wildman–Crippen MR) is 104 cm³/mol. The summed E-state index contributed by atoms with van der Waals surface area (Å²) >= 11 is 0. The van der Waals surface area contributed by atoms with Crippen molar-refractivity contribution in [2.75, 3.05) is 6.61 Å². The van der Waals surface area contributed by atoms with Gasteiger partial charge in [0.05, 0.1) is 0 Å². The van der Waals surface area contributed by atoms with E-state index >= 15 is 0 Å². The smallest absolute Gasteiger partial charge is 0.306 e. The summed E-state index contributed by atoms with van der Waals surface area (Å²) in [6.07, 6.45) is 6.06. The van der Waals surface area contributed by atoms with Gasteiger partial charge < -0.3 is 24.4 Å². The van der Waals surface area contributed by atoms with E-state index in [4.69, 9.17) is 14.2 Å². The molecule has 7 nitrogen and oxygen atoms in total. The predicted octanol–water partition coefficient (Wildman–Crippen LogP) is 3.24. The summed E-state index contributed by atoms with van der Waals surface area (Å²) in [4.78, 5) is 23.7. The maximum absolute atomic E-state index is 11.9. The van der Waals surface area contributed by atoms with Crippen molar-refractivity contribution in [2.45, 2.75) is 115 Å². The van der Waals surface area contributed by atoms with Crippen LogP contribution < -0.4 is 0 Å². The highest BCUT2D eigenvalue weighted by Crippen LogP contribution is 2.24. The number of aliphatic hydroxyl groups excluding tert-OH is 2. The molecule has 0 aliphatic carbocycles. The van der Waals surface area contributed by atoms with E-state index < -0.39 is 30.6 Å². The van der Waals surface area contributed by atoms with Crippen LogP contribution >= 0.6 is 0 Å². The Morgan fingerprint density at radius 3 is 1.93 bits per heavy atom. The topological polar surface area (TPSA) is 102 Å². The monoisotopic (exact) mass is 402 g/mol. The molecule has 164 valence electrons. The number of carbonyl (C=O) groups excluding carboxylic acids is 2. The van der Waals surface area contributed by atoms with Gasteiger partial charge in [-0.25, -0.2) is 0 Å². The molecule has 0 saturated carbocycles. The van der Waals surface area contributed by atoms with Gasteiger partial charge in [-0.2, -0.15) is 0 Å². The third-order valence-electron chi connectivity index (χ3n) is 4.96. The number of carbonyl (C=O) groups is 2. The van der Waals surface area contributed by atoms with Crippen LogP contribution in [0.5, 0.6) is 0 Å². The van der Waals surface area contributed by atoms with Crippen molar-refractivity contribution in [3.63, 3.8) is 0 Å². The molecule has 1 aliphatic heterocycles. The van der Waals surface area contributed by atoms with E-state index in [1.54, 1.807) is 0 Å². The Bertz CT molecular complexity index is 440. The van der Waals surface area contributed by atoms with Crippen molar-refractivity contribution in [1.29, 1.82) is 0 Å². The van der Waals surface area contributed by atoms with E-state index in [2.05, 4.69) is 13.8 Å². The van der Waals surface area contributed by atoms with Crippen molar-refractivity contribution in [3.8, 4) is 0 Å². The van der Waals surface area contributed by atoms with Gasteiger partial charge in [-0.1, -0.05) is 65.2 Å². The highest BCUT2D eigenvalue weighted by atomic mass is 16.7. The molecule has 4 atom stereocenters. The van der Waals surface area contributed by atoms with E-state index in [0.29, 0.717) is 6.42 Å². The molecule has 0 aromatic carbocycles. The van der Waals surface area contributed by atoms with Gasteiger partial charge in [0.2, 0.25) is 0 Å². The largest absolute Gasteiger partial charge is 0.463 e. The first-order valence-corrected chi connectivity index (χ1v) is 10.9. The summed E-state index contributed by atoms with van der Waals surface area (Å²) in [6, 6.07) is 0. The van der Waals surface area contributed by atoms with Gasteiger partial charge in [0.25, 0.3) is 0 Å². The van der Waals surface area contributed by atoms with Crippen molar-refractivity contribution >= 4 is 11.9 Å². The fraction of sp³-hybridized carbons (Fsp3) is 0.905. The van der Waals surface area contributed by atoms with Gasteiger partial charge in [-0.05, 0) is 12.8 Å². The zero-order chi connectivity index (χ0) is 20.8. The van der Waals surface area contributed by atoms with Crippen molar-refractivity contribution in [1.82, 2.24) is 0 Å². The van der Waals surface area contributed by atoms with Crippen LogP contribution in [0, 0.1) is 0 Å². The van der Waals surface area contributed by atoms with Gasteiger partial charge in [0.15, 0.2) is 12.4 Å². The van der Waals surface area contributed by atoms with E-state index in [-0.39, 0.29) is 19.0 Å². The second-order valence-corrected chi connectivity index (χ2v) is 7.52. The molecule has 0 spiro atoms. The van der Waals surface area contributed by atoms with Crippen LogP contribution in [-0.4, -0.2) is 53.4 Å². The molecule has 1 heterocycles. The number of esters is 2. The van der Waals surface area contributed by atoms with E-state index in [1.165, 1.54) is 0 Å². The summed E-state index contributed by atoms with van der Waals surface area (Å²) in [7, 11) is 0. The average Bonchev–Trinajstić information content (AvgIpc) is 2.93. The van der Waals surface area contributed by atoms with Gasteiger partial charge in [-0.3, -0.25) is 9.59 Å². The molecule has 1 rings (SSSR count). The third-order valence-corrected chi connectivity index (χ3v) is 4.96. The first-order valence-electron chi connectivity index (χ1n) is 10.9. The fourth-order valence-electron chi connectivity index (χ4n) is 3.19. The Labute approximate surface area is 168 Å². The SMILES string of the molecule is CCCCCCCC(=O)OC[C@H]1O[C@H](O)[C@@H](OC(=O)CCCCCCC)[C@@H]1O. The summed E-state index contributed by atoms with van der Waals surface area (Å²) in [5.74, 6) is -0.817. The molecular formula is C21H38O7. The van der Waals surface area contributed by atoms with Gasteiger partial charge in [0, 0.05) is 12.8 Å². The molecule has 1 aliphatic rings. The summed E-state index contributed by atoms with van der Waals surface area (Å²) in [5, 5.41) is 20.2. The zero-order valence-electron chi connectivity index (χ0n) is 17.4. The van der Waals surface area contributed by atoms with E-state index in [1.807, 2.05) is 0 Å². The summed E-state index contributed by atoms with van der Waals surface area (Å²) in [5.41, 5.74) is 0. The summed E-state index contributed by atoms with van der Waals surface area (Å²) < 4.78 is 15.5. The number of ether oxygens (including phenoxy) is 3. The Morgan fingerprint density at radius 1 is 0.821 bits per heavy atom. The molecule has 1 saturated heterocycles. The minimum Gasteiger partial charge on any atom is -0.463 e. The van der Waals surface area contributed by atoms with Crippen LogP contribution in [0.2, 0.25) is 0 Å². The van der Waals surface area contributed by atoms with E-state index in [9.17, 15) is 19.8 Å². The number of hydrogen-bond donors (Lipinski definition) is 2. The molecule has 0 aromatic heterocycles. The van der Waals surface area contributed by atoms with Crippen LogP contribution in [0.25, 0.3) is 0 Å². The van der Waals surface area contributed by atoms with Crippen LogP contribution in [0.15, 0.2) is 0 Å². The van der Waals surface area contributed by atoms with Gasteiger partial charge in [-0.15, -0.1) is 0 Å². The number of rotatable bonds is 15. The minimum absolute atomic E-state index is 0.170. The fourth-order valence-corrected chi connectivity index (χ4v) is 3.19. The molecule has 28 heavy (non-hydrogen) atoms. The number of aliphatic hydroxyl groups is 2. The maximum Gasteiger partial charge on any atom is 0.306 e. The van der Waals surface area contributed by atoms with Crippen LogP contribution in [0.3, 0.4) is 0 Å². The van der Waals surface area contributed by atoms with Crippen LogP contribution in [-0.2, 0) is 23.8 Å². The first-order chi connectivity index (χ1) is 13.5. The lowest BCUT2D eigenvalue weighted by Crippen LogP contribution is -2.38. The van der Waals surface area contributed by atoms with Crippen LogP contribution in [0.1, 0.15) is 90.9 Å². The molecule has 0 radical (unpaired) electrons. The maximum atomic E-state index is 11.9. The molecular weight excluding hydrogens is 364 g/mol. The second-order valence-electron chi connectivity index (χ2n) is 7.52. The molecule has 2 N–H and O–H groups in total. The number of unbranched alkanes of at least 4 members (excludes halogenated alkanes) is 8. The summed E-state index contributed by atoms with van der Waals surface area (Å²) in [6.45, 7) is 4.09. The average molecular weight is 403 g/mol. The van der Waals surface area contributed by atoms with Crippen LogP contribution in [0.4, 0.5) is 0 Å². The normalized spacial score (nSPS) is 24.3. The van der Waals surface area contributed by atoms with Gasteiger partial charge in [0.1, 0.15) is 18.8 Å². The second kappa shape index (κ2) is 14.8. The molecule has 0 bridgehead atoms. The highest BCUT2D eigenvalue weighted by Gasteiger charge is 2.46. The van der Waals surface area contributed by atoms with Crippen molar-refractivity contribution < 1.29 is 34.0 Å². The standard InChI is InChI=1S/C21H38O7/c1-3-5-7-9-11-13-17(22)26-15-16-19(24)20(21(25)27-16)28-18(23)14-12-10-8-6-4-2/h16,19-21,24-25H,3-15H2,1-2H3/t16-,19-,20+,21+/m1/s1. The Hall–Kier alpha value is -1.18. The Kier molecular flexibility index (Phi) is 13.1. The lowest BCUT2D eigenvalue weighted by atomic mass is 10.1. The first kappa shape index (κ1) is 24.9. The highest BCUT2D eigenvalue weighted by molar-refractivity contribution is 5.70. The molecule has 7 heteroatoms. The Balaban J connectivity index is 2.24. The quantitative estimate of drug-likeness (QED) is 0.320. The Morgan fingerprint density at radius 2 is 1.36 bits per heavy atom. The molecule has 0 amide bonds. The lowest BCUT2D eigenvalue weighted by molar-refractivity contribution is -0.174. The molecule has 0 aromatic rings. The zero-order valence-corrected chi connectivity index (χ0v) is 17.4. The number of hydrogen-bond acceptors (Lipinski definition) is 7. The third kappa shape index (κ3) is 9.85. The van der Waals surface area contributed by atoms with Gasteiger partial charge >= 0.3 is 11.9 Å². The minimum atomic E-state index is -1.42. The van der Waals surface area contributed by atoms with Crippen molar-refractivity contribution in [3.05, 3.63) is 0 Å².